The van der Waals surface area contributed by atoms with Gasteiger partial charge in [0.05, 0.1) is 17.6 Å². The highest BCUT2D eigenvalue weighted by molar-refractivity contribution is 7.84. The number of rotatable bonds is 7. The fourth-order valence-electron chi connectivity index (χ4n) is 3.62. The van der Waals surface area contributed by atoms with E-state index in [2.05, 4.69) is 23.7 Å². The van der Waals surface area contributed by atoms with Gasteiger partial charge < -0.3 is 0 Å². The first-order chi connectivity index (χ1) is 15.0. The number of aromatic nitrogens is 3. The molecule has 0 fully saturated rings. The Balaban J connectivity index is 1.73. The molecule has 4 aromatic rings. The molecule has 0 aliphatic carbocycles. The smallest absolute Gasteiger partial charge is 0.154 e. The van der Waals surface area contributed by atoms with Gasteiger partial charge in [-0.3, -0.25) is 9.11 Å². The van der Waals surface area contributed by atoms with Crippen LogP contribution in [0.1, 0.15) is 19.4 Å². The Hall–Kier alpha value is -2.90. The van der Waals surface area contributed by atoms with Crippen molar-refractivity contribution in [2.24, 2.45) is 0 Å². The van der Waals surface area contributed by atoms with Crippen molar-refractivity contribution in [2.75, 3.05) is 19.3 Å². The van der Waals surface area contributed by atoms with Crippen molar-refractivity contribution in [3.8, 4) is 22.5 Å². The summed E-state index contributed by atoms with van der Waals surface area (Å²) in [7, 11) is -1.08. The largest absolute Gasteiger partial charge is 0.300 e. The molecule has 0 saturated heterocycles. The summed E-state index contributed by atoms with van der Waals surface area (Å²) in [6.07, 6.45) is 3.29. The highest BCUT2D eigenvalue weighted by atomic mass is 32.2. The van der Waals surface area contributed by atoms with Crippen LogP contribution in [0.3, 0.4) is 0 Å². The first-order valence-corrected chi connectivity index (χ1v) is 11.9. The standard InChI is InChI=1S/C24H25FN4OS/c1-4-28(5-2)16-17-9-10-20(21(25)13-17)23-15-26-24-12-11-22(27-29(23)24)18-7-6-8-19(14-18)31(3)30/h6-15H,4-5,16H2,1-3H3. The average Bonchev–Trinajstić information content (AvgIpc) is 3.20. The fraction of sp³-hybridized carbons (Fsp3) is 0.250. The minimum Gasteiger partial charge on any atom is -0.300 e. The van der Waals surface area contributed by atoms with Crippen LogP contribution in [0.2, 0.25) is 0 Å². The average molecular weight is 437 g/mol. The zero-order chi connectivity index (χ0) is 22.0. The number of nitrogens with zero attached hydrogens (tertiary/aromatic N) is 4. The molecule has 4 rings (SSSR count). The van der Waals surface area contributed by atoms with Gasteiger partial charge in [-0.1, -0.05) is 32.0 Å². The second-order valence-electron chi connectivity index (χ2n) is 7.39. The van der Waals surface area contributed by atoms with Crippen LogP contribution in [-0.2, 0) is 17.3 Å². The molecule has 1 atom stereocenters. The van der Waals surface area contributed by atoms with E-state index in [1.807, 2.05) is 42.5 Å². The third-order valence-electron chi connectivity index (χ3n) is 5.43. The molecular weight excluding hydrogens is 411 g/mol. The molecule has 2 heterocycles. The molecule has 0 radical (unpaired) electrons. The van der Waals surface area contributed by atoms with Crippen molar-refractivity contribution in [1.82, 2.24) is 19.5 Å². The summed E-state index contributed by atoms with van der Waals surface area (Å²) >= 11 is 0. The molecule has 0 spiro atoms. The van der Waals surface area contributed by atoms with Crippen molar-refractivity contribution in [2.45, 2.75) is 25.3 Å². The number of benzene rings is 2. The predicted molar refractivity (Wildman–Crippen MR) is 123 cm³/mol. The van der Waals surface area contributed by atoms with Gasteiger partial charge in [-0.2, -0.15) is 5.10 Å². The summed E-state index contributed by atoms with van der Waals surface area (Å²) in [5.74, 6) is -0.290. The Morgan fingerprint density at radius 1 is 1.06 bits per heavy atom. The van der Waals surface area contributed by atoms with Crippen LogP contribution in [0.15, 0.2) is 65.7 Å². The van der Waals surface area contributed by atoms with Crippen LogP contribution in [0, 0.1) is 5.82 Å². The summed E-state index contributed by atoms with van der Waals surface area (Å²) in [5, 5.41) is 4.70. The molecule has 0 N–H and O–H groups in total. The number of fused-ring (bicyclic) bond motifs is 1. The second kappa shape index (κ2) is 9.08. The summed E-state index contributed by atoms with van der Waals surface area (Å²) in [6.45, 7) is 6.77. The quantitative estimate of drug-likeness (QED) is 0.418. The molecule has 2 aromatic carbocycles. The van der Waals surface area contributed by atoms with Gasteiger partial charge in [0.25, 0.3) is 0 Å². The van der Waals surface area contributed by atoms with E-state index in [4.69, 9.17) is 5.10 Å². The molecular formula is C24H25FN4OS. The van der Waals surface area contributed by atoms with Gasteiger partial charge in [-0.15, -0.1) is 0 Å². The Kier molecular flexibility index (Phi) is 6.25. The highest BCUT2D eigenvalue weighted by Crippen LogP contribution is 2.27. The topological polar surface area (TPSA) is 50.5 Å². The molecule has 31 heavy (non-hydrogen) atoms. The Bertz CT molecular complexity index is 1250. The Morgan fingerprint density at radius 2 is 1.87 bits per heavy atom. The van der Waals surface area contributed by atoms with Gasteiger partial charge in [-0.05, 0) is 55.1 Å². The zero-order valence-corrected chi connectivity index (χ0v) is 18.7. The summed E-state index contributed by atoms with van der Waals surface area (Å²) in [5.41, 5.74) is 4.20. The van der Waals surface area contributed by atoms with Gasteiger partial charge in [0.2, 0.25) is 0 Å². The van der Waals surface area contributed by atoms with Crippen LogP contribution in [-0.4, -0.2) is 43.1 Å². The van der Waals surface area contributed by atoms with Gasteiger partial charge >= 0.3 is 0 Å². The van der Waals surface area contributed by atoms with Crippen molar-refractivity contribution >= 4 is 16.4 Å². The first kappa shape index (κ1) is 21.3. The summed E-state index contributed by atoms with van der Waals surface area (Å²) in [4.78, 5) is 7.37. The number of halogens is 1. The van der Waals surface area contributed by atoms with Gasteiger partial charge in [0, 0.05) is 39.6 Å². The van der Waals surface area contributed by atoms with E-state index in [1.165, 1.54) is 0 Å². The lowest BCUT2D eigenvalue weighted by Gasteiger charge is -2.18. The molecule has 0 amide bonds. The van der Waals surface area contributed by atoms with Crippen molar-refractivity contribution in [3.63, 3.8) is 0 Å². The normalized spacial score (nSPS) is 12.5. The Morgan fingerprint density at radius 3 is 2.58 bits per heavy atom. The monoisotopic (exact) mass is 436 g/mol. The number of hydrogen-bond acceptors (Lipinski definition) is 4. The van der Waals surface area contributed by atoms with E-state index < -0.39 is 10.8 Å². The molecule has 160 valence electrons. The maximum atomic E-state index is 15.0. The lowest BCUT2D eigenvalue weighted by Crippen LogP contribution is -2.22. The zero-order valence-electron chi connectivity index (χ0n) is 17.9. The van der Waals surface area contributed by atoms with E-state index in [-0.39, 0.29) is 5.82 Å². The van der Waals surface area contributed by atoms with E-state index in [9.17, 15) is 4.21 Å². The molecule has 2 aromatic heterocycles. The van der Waals surface area contributed by atoms with Crippen molar-refractivity contribution in [3.05, 3.63) is 72.2 Å². The molecule has 0 aliphatic heterocycles. The van der Waals surface area contributed by atoms with Crippen LogP contribution in [0.5, 0.6) is 0 Å². The van der Waals surface area contributed by atoms with Crippen LogP contribution >= 0.6 is 0 Å². The van der Waals surface area contributed by atoms with E-state index in [1.54, 1.807) is 29.1 Å². The van der Waals surface area contributed by atoms with Crippen molar-refractivity contribution in [1.29, 1.82) is 0 Å². The summed E-state index contributed by atoms with van der Waals surface area (Å²) < 4.78 is 28.5. The van der Waals surface area contributed by atoms with Crippen LogP contribution < -0.4 is 0 Å². The molecule has 0 aliphatic rings. The van der Waals surface area contributed by atoms with Crippen LogP contribution in [0.25, 0.3) is 28.2 Å². The third kappa shape index (κ3) is 4.43. The van der Waals surface area contributed by atoms with Crippen LogP contribution in [0.4, 0.5) is 4.39 Å². The molecule has 0 bridgehead atoms. The van der Waals surface area contributed by atoms with Gasteiger partial charge in [-0.25, -0.2) is 13.9 Å². The maximum absolute atomic E-state index is 15.0. The van der Waals surface area contributed by atoms with E-state index >= 15 is 4.39 Å². The minimum absolute atomic E-state index is 0.290. The molecule has 0 saturated carbocycles. The SMILES string of the molecule is CCN(CC)Cc1ccc(-c2cnc3ccc(-c4cccc(S(C)=O)c4)nn23)c(F)c1. The van der Waals surface area contributed by atoms with E-state index in [0.717, 1.165) is 35.7 Å². The third-order valence-corrected chi connectivity index (χ3v) is 6.35. The molecule has 7 heteroatoms. The minimum atomic E-state index is -1.08. The maximum Gasteiger partial charge on any atom is 0.154 e. The lowest BCUT2D eigenvalue weighted by atomic mass is 10.1. The summed E-state index contributed by atoms with van der Waals surface area (Å²) in [6, 6.07) is 16.6. The van der Waals surface area contributed by atoms with Gasteiger partial charge in [0.1, 0.15) is 5.82 Å². The number of hydrogen-bond donors (Lipinski definition) is 0. The lowest BCUT2D eigenvalue weighted by molar-refractivity contribution is 0.295. The second-order valence-corrected chi connectivity index (χ2v) is 8.77. The number of imidazole rings is 1. The first-order valence-electron chi connectivity index (χ1n) is 10.3. The fourth-order valence-corrected chi connectivity index (χ4v) is 4.18. The molecule has 5 nitrogen and oxygen atoms in total. The highest BCUT2D eigenvalue weighted by Gasteiger charge is 2.14. The predicted octanol–water partition coefficient (Wildman–Crippen LogP) is 4.78. The van der Waals surface area contributed by atoms with E-state index in [0.29, 0.717) is 22.6 Å². The van der Waals surface area contributed by atoms with Gasteiger partial charge in [0.15, 0.2) is 5.65 Å². The van der Waals surface area contributed by atoms with Crippen molar-refractivity contribution < 1.29 is 8.60 Å². The Labute approximate surface area is 184 Å². The molecule has 1 unspecified atom stereocenters.